The van der Waals surface area contributed by atoms with Gasteiger partial charge in [0.2, 0.25) is 0 Å². The first-order chi connectivity index (χ1) is 8.49. The average Bonchev–Trinajstić information content (AvgIpc) is 2.38. The predicted molar refractivity (Wildman–Crippen MR) is 76.8 cm³/mol. The monoisotopic (exact) mass is 333 g/mol. The van der Waals surface area contributed by atoms with Crippen LogP contribution in [0.5, 0.6) is 0 Å². The van der Waals surface area contributed by atoms with E-state index in [1.54, 1.807) is 6.07 Å². The van der Waals surface area contributed by atoms with Crippen molar-refractivity contribution in [3.63, 3.8) is 0 Å². The maximum atomic E-state index is 11.8. The zero-order chi connectivity index (χ0) is 13.7. The van der Waals surface area contributed by atoms with E-state index in [9.17, 15) is 4.79 Å². The molecular formula is C13H17BrClNO2. The smallest absolute Gasteiger partial charge is 0.327 e. The summed E-state index contributed by atoms with van der Waals surface area (Å²) in [5.41, 5.74) is 0.832. The summed E-state index contributed by atoms with van der Waals surface area (Å²) in [6.45, 7) is 4.09. The van der Waals surface area contributed by atoms with Crippen LogP contribution in [0.25, 0.3) is 0 Å². The highest BCUT2D eigenvalue weighted by Gasteiger charge is 2.23. The molecule has 0 fully saturated rings. The zero-order valence-corrected chi connectivity index (χ0v) is 13.0. The van der Waals surface area contributed by atoms with Gasteiger partial charge in [-0.3, -0.25) is 5.32 Å². The maximum absolute atomic E-state index is 11.8. The van der Waals surface area contributed by atoms with E-state index in [0.29, 0.717) is 5.02 Å². The van der Waals surface area contributed by atoms with Crippen molar-refractivity contribution in [1.82, 2.24) is 5.32 Å². The molecule has 1 N–H and O–H groups in total. The Morgan fingerprint density at radius 3 is 2.72 bits per heavy atom. The van der Waals surface area contributed by atoms with Crippen molar-refractivity contribution < 1.29 is 9.53 Å². The molecular weight excluding hydrogens is 318 g/mol. The van der Waals surface area contributed by atoms with Gasteiger partial charge in [-0.05, 0) is 47.0 Å². The summed E-state index contributed by atoms with van der Waals surface area (Å²) in [6, 6.07) is 5.17. The van der Waals surface area contributed by atoms with Crippen molar-refractivity contribution in [1.29, 1.82) is 0 Å². The lowest BCUT2D eigenvalue weighted by Crippen LogP contribution is -2.35. The Balaban J connectivity index is 3.01. The molecule has 0 amide bonds. The number of carbonyl (C=O) groups is 1. The van der Waals surface area contributed by atoms with Crippen molar-refractivity contribution in [2.24, 2.45) is 0 Å². The molecule has 1 aromatic carbocycles. The van der Waals surface area contributed by atoms with E-state index >= 15 is 0 Å². The van der Waals surface area contributed by atoms with Crippen molar-refractivity contribution in [2.75, 3.05) is 7.11 Å². The minimum absolute atomic E-state index is 0.226. The van der Waals surface area contributed by atoms with E-state index in [-0.39, 0.29) is 12.0 Å². The number of esters is 1. The molecule has 18 heavy (non-hydrogen) atoms. The van der Waals surface area contributed by atoms with Crippen LogP contribution >= 0.6 is 27.5 Å². The Morgan fingerprint density at radius 1 is 1.56 bits per heavy atom. The Bertz CT molecular complexity index is 425. The molecule has 0 aliphatic heterocycles. The molecule has 1 rings (SSSR count). The molecule has 2 unspecified atom stereocenters. The molecule has 1 aromatic rings. The maximum Gasteiger partial charge on any atom is 0.327 e. The highest BCUT2D eigenvalue weighted by atomic mass is 79.9. The fourth-order valence-corrected chi connectivity index (χ4v) is 2.03. The second kappa shape index (κ2) is 7.12. The molecule has 0 saturated carbocycles. The van der Waals surface area contributed by atoms with Gasteiger partial charge in [-0.1, -0.05) is 24.6 Å². The Morgan fingerprint density at radius 2 is 2.22 bits per heavy atom. The van der Waals surface area contributed by atoms with Crippen LogP contribution in [0.15, 0.2) is 22.7 Å². The average molecular weight is 335 g/mol. The predicted octanol–water partition coefficient (Wildman–Crippen LogP) is 3.70. The molecule has 2 atom stereocenters. The second-order valence-electron chi connectivity index (χ2n) is 4.11. The molecule has 0 aliphatic carbocycles. The lowest BCUT2D eigenvalue weighted by atomic mass is 10.1. The van der Waals surface area contributed by atoms with Crippen LogP contribution in [0.3, 0.4) is 0 Å². The molecule has 0 spiro atoms. The largest absolute Gasteiger partial charge is 0.468 e. The highest BCUT2D eigenvalue weighted by Crippen LogP contribution is 2.27. The Labute approximate surface area is 121 Å². The zero-order valence-electron chi connectivity index (χ0n) is 10.7. The Kier molecular flexibility index (Phi) is 6.12. The third kappa shape index (κ3) is 3.97. The molecule has 0 aliphatic rings. The van der Waals surface area contributed by atoms with Gasteiger partial charge in [-0.2, -0.15) is 0 Å². The van der Waals surface area contributed by atoms with E-state index in [1.165, 1.54) is 7.11 Å². The minimum Gasteiger partial charge on any atom is -0.468 e. The molecule has 5 heteroatoms. The first-order valence-corrected chi connectivity index (χ1v) is 6.95. The number of rotatable bonds is 5. The van der Waals surface area contributed by atoms with Crippen molar-refractivity contribution >= 4 is 33.5 Å². The molecule has 0 heterocycles. The third-order valence-corrected chi connectivity index (χ3v) is 3.99. The van der Waals surface area contributed by atoms with Gasteiger partial charge in [-0.25, -0.2) is 4.79 Å². The van der Waals surface area contributed by atoms with Gasteiger partial charge >= 0.3 is 5.97 Å². The van der Waals surface area contributed by atoms with Gasteiger partial charge in [0.1, 0.15) is 6.04 Å². The second-order valence-corrected chi connectivity index (χ2v) is 5.37. The van der Waals surface area contributed by atoms with E-state index in [0.717, 1.165) is 16.5 Å². The molecule has 0 saturated heterocycles. The number of hydrogen-bond donors (Lipinski definition) is 1. The first kappa shape index (κ1) is 15.5. The quantitative estimate of drug-likeness (QED) is 0.834. The van der Waals surface area contributed by atoms with Crippen molar-refractivity contribution in [2.45, 2.75) is 32.4 Å². The summed E-state index contributed by atoms with van der Waals surface area (Å²) in [5, 5.41) is 3.86. The molecule has 0 radical (unpaired) electrons. The summed E-state index contributed by atoms with van der Waals surface area (Å²) < 4.78 is 5.60. The number of halogens is 2. The van der Waals surface area contributed by atoms with Crippen LogP contribution in [-0.4, -0.2) is 19.1 Å². The van der Waals surface area contributed by atoms with E-state index in [1.807, 2.05) is 19.1 Å². The van der Waals surface area contributed by atoms with Crippen LogP contribution in [0.2, 0.25) is 5.02 Å². The van der Waals surface area contributed by atoms with E-state index in [2.05, 4.69) is 28.2 Å². The fourth-order valence-electron chi connectivity index (χ4n) is 1.51. The minimum atomic E-state index is -0.474. The van der Waals surface area contributed by atoms with Gasteiger partial charge < -0.3 is 4.74 Å². The lowest BCUT2D eigenvalue weighted by Gasteiger charge is -2.21. The van der Waals surface area contributed by atoms with Crippen LogP contribution in [-0.2, 0) is 9.53 Å². The van der Waals surface area contributed by atoms with Gasteiger partial charge in [-0.15, -0.1) is 0 Å². The molecule has 0 bridgehead atoms. The first-order valence-electron chi connectivity index (χ1n) is 5.78. The van der Waals surface area contributed by atoms with Gasteiger partial charge in [0.05, 0.1) is 12.1 Å². The normalized spacial score (nSPS) is 14.1. The summed E-state index contributed by atoms with van der Waals surface area (Å²) >= 11 is 9.31. The van der Waals surface area contributed by atoms with E-state index < -0.39 is 6.04 Å². The van der Waals surface area contributed by atoms with Gasteiger partial charge in [0.15, 0.2) is 0 Å². The van der Waals surface area contributed by atoms with Crippen molar-refractivity contribution in [3.05, 3.63) is 33.3 Å². The summed E-state index contributed by atoms with van der Waals surface area (Å²) in [5.74, 6) is -0.301. The lowest BCUT2D eigenvalue weighted by molar-refractivity contribution is -0.143. The van der Waals surface area contributed by atoms with Crippen LogP contribution in [0.4, 0.5) is 0 Å². The summed E-state index contributed by atoms with van der Waals surface area (Å²) in [4.78, 5) is 11.8. The van der Waals surface area contributed by atoms with Gasteiger partial charge in [0, 0.05) is 10.5 Å². The number of nitrogens with one attached hydrogen (secondary N) is 1. The number of benzene rings is 1. The SMILES string of the molecule is CCC(C)NC(C(=O)OC)c1ccc(Cl)c(Br)c1. The molecule has 100 valence electrons. The Hall–Kier alpha value is -0.580. The van der Waals surface area contributed by atoms with Crippen LogP contribution < -0.4 is 5.32 Å². The standard InChI is InChI=1S/C13H17BrClNO2/c1-4-8(2)16-12(13(17)18-3)9-5-6-11(15)10(14)7-9/h5-8,12,16H,4H2,1-3H3. The number of methoxy groups -OCH3 is 1. The highest BCUT2D eigenvalue weighted by molar-refractivity contribution is 9.10. The molecule has 3 nitrogen and oxygen atoms in total. The molecule has 0 aromatic heterocycles. The number of ether oxygens (including phenoxy) is 1. The summed E-state index contributed by atoms with van der Waals surface area (Å²) in [6.07, 6.45) is 0.933. The number of hydrogen-bond acceptors (Lipinski definition) is 3. The van der Waals surface area contributed by atoms with Crippen LogP contribution in [0, 0.1) is 0 Å². The number of carbonyl (C=O) groups excluding carboxylic acids is 1. The van der Waals surface area contributed by atoms with Crippen LogP contribution in [0.1, 0.15) is 31.9 Å². The van der Waals surface area contributed by atoms with Crippen molar-refractivity contribution in [3.8, 4) is 0 Å². The van der Waals surface area contributed by atoms with E-state index in [4.69, 9.17) is 16.3 Å². The topological polar surface area (TPSA) is 38.3 Å². The summed E-state index contributed by atoms with van der Waals surface area (Å²) in [7, 11) is 1.39. The third-order valence-electron chi connectivity index (χ3n) is 2.78. The fraction of sp³-hybridized carbons (Fsp3) is 0.462. The van der Waals surface area contributed by atoms with Gasteiger partial charge in [0.25, 0.3) is 0 Å².